The molecule has 2 aromatic carbocycles. The Labute approximate surface area is 207 Å². The van der Waals surface area contributed by atoms with Crippen LogP contribution in [-0.2, 0) is 11.2 Å². The van der Waals surface area contributed by atoms with Gasteiger partial charge in [-0.2, -0.15) is 0 Å². The molecule has 36 heavy (non-hydrogen) atoms. The van der Waals surface area contributed by atoms with Gasteiger partial charge < -0.3 is 11.1 Å². The fourth-order valence-corrected chi connectivity index (χ4v) is 4.92. The number of nitrogens with two attached hydrogens (primary N) is 1. The summed E-state index contributed by atoms with van der Waals surface area (Å²) in [5.41, 5.74) is 7.50. The van der Waals surface area contributed by atoms with E-state index in [1.165, 1.54) is 12.3 Å². The maximum Gasteiger partial charge on any atom is 0.271 e. The number of aromatic nitrogens is 2. The molecule has 2 unspecified atom stereocenters. The molecule has 0 saturated heterocycles. The predicted octanol–water partition coefficient (Wildman–Crippen LogP) is 4.82. The number of carbonyl (C=O) groups is 2. The van der Waals surface area contributed by atoms with E-state index in [9.17, 15) is 22.8 Å². The highest BCUT2D eigenvalue weighted by molar-refractivity contribution is 5.94. The first kappa shape index (κ1) is 25.6. The van der Waals surface area contributed by atoms with Crippen LogP contribution < -0.4 is 11.1 Å². The van der Waals surface area contributed by atoms with Crippen LogP contribution in [0.2, 0.25) is 0 Å². The van der Waals surface area contributed by atoms with Gasteiger partial charge in [-0.1, -0.05) is 30.3 Å². The average Bonchev–Trinajstić information content (AvgIpc) is 2.86. The maximum absolute atomic E-state index is 14.2. The molecule has 0 bridgehead atoms. The van der Waals surface area contributed by atoms with E-state index in [0.29, 0.717) is 29.4 Å². The highest BCUT2D eigenvalue weighted by Crippen LogP contribution is 2.40. The summed E-state index contributed by atoms with van der Waals surface area (Å²) in [6, 6.07) is 12.9. The number of rotatable bonds is 9. The molecule has 0 spiro atoms. The molecule has 1 heterocycles. The summed E-state index contributed by atoms with van der Waals surface area (Å²) in [6.45, 7) is 0. The smallest absolute Gasteiger partial charge is 0.271 e. The normalized spacial score (nSPS) is 17.4. The Morgan fingerprint density at radius 2 is 1.72 bits per heavy atom. The first-order valence-corrected chi connectivity index (χ1v) is 12.1. The molecule has 3 N–H and O–H groups in total. The van der Waals surface area contributed by atoms with Gasteiger partial charge in [0.2, 0.25) is 11.8 Å². The number of aryl methyl sites for hydroxylation is 1. The van der Waals surface area contributed by atoms with E-state index in [-0.39, 0.29) is 49.5 Å². The lowest BCUT2D eigenvalue weighted by molar-refractivity contribution is -0.126. The monoisotopic (exact) mass is 498 g/mol. The number of primary amides is 1. The van der Waals surface area contributed by atoms with E-state index in [1.807, 2.05) is 6.07 Å². The van der Waals surface area contributed by atoms with Gasteiger partial charge in [-0.25, -0.2) is 18.2 Å². The van der Waals surface area contributed by atoms with E-state index in [2.05, 4.69) is 15.3 Å². The fourth-order valence-electron chi connectivity index (χ4n) is 4.92. The van der Waals surface area contributed by atoms with E-state index in [4.69, 9.17) is 5.73 Å². The second kappa shape index (κ2) is 11.1. The average molecular weight is 499 g/mol. The summed E-state index contributed by atoms with van der Waals surface area (Å²) in [5, 5.41) is 2.91. The molecule has 190 valence electrons. The van der Waals surface area contributed by atoms with Crippen molar-refractivity contribution in [3.63, 3.8) is 0 Å². The maximum atomic E-state index is 14.2. The van der Waals surface area contributed by atoms with Crippen molar-refractivity contribution in [3.05, 3.63) is 71.8 Å². The van der Waals surface area contributed by atoms with Crippen LogP contribution in [0, 0.1) is 17.7 Å². The van der Waals surface area contributed by atoms with Gasteiger partial charge in [0.25, 0.3) is 5.91 Å². The van der Waals surface area contributed by atoms with E-state index >= 15 is 0 Å². The van der Waals surface area contributed by atoms with E-state index in [0.717, 1.165) is 0 Å². The van der Waals surface area contributed by atoms with Crippen molar-refractivity contribution in [1.29, 1.82) is 0 Å². The molecule has 1 aromatic heterocycles. The number of para-hydroxylation sites is 2. The van der Waals surface area contributed by atoms with Gasteiger partial charge in [0.05, 0.1) is 17.2 Å². The second-order valence-electron chi connectivity index (χ2n) is 9.48. The molecular weight excluding hydrogens is 469 g/mol. The van der Waals surface area contributed by atoms with Gasteiger partial charge >= 0.3 is 0 Å². The number of nitrogens with zero attached hydrogens (tertiary/aromatic N) is 2. The van der Waals surface area contributed by atoms with Crippen molar-refractivity contribution in [2.75, 3.05) is 0 Å². The molecule has 0 radical (unpaired) electrons. The number of carbonyl (C=O) groups excluding carboxylic acids is 2. The molecule has 1 aliphatic rings. The Kier molecular flexibility index (Phi) is 7.86. The molecule has 0 aliphatic heterocycles. The zero-order valence-corrected chi connectivity index (χ0v) is 19.8. The van der Waals surface area contributed by atoms with Crippen LogP contribution in [-0.4, -0.2) is 33.7 Å². The van der Waals surface area contributed by atoms with Crippen molar-refractivity contribution in [1.82, 2.24) is 15.3 Å². The van der Waals surface area contributed by atoms with Crippen LogP contribution in [0.3, 0.4) is 0 Å². The minimum absolute atomic E-state index is 0.109. The topological polar surface area (TPSA) is 98.0 Å². The number of halogens is 3. The quantitative estimate of drug-likeness (QED) is 0.442. The lowest BCUT2D eigenvalue weighted by atomic mass is 9.75. The molecule has 1 aliphatic carbocycles. The highest BCUT2D eigenvalue weighted by Gasteiger charge is 2.40. The van der Waals surface area contributed by atoms with Crippen LogP contribution >= 0.6 is 0 Å². The van der Waals surface area contributed by atoms with E-state index in [1.54, 1.807) is 36.4 Å². The zero-order chi connectivity index (χ0) is 25.7. The minimum Gasteiger partial charge on any atom is -0.369 e. The molecule has 2 amide bonds. The number of amides is 2. The summed E-state index contributed by atoms with van der Waals surface area (Å²) in [7, 11) is 0. The van der Waals surface area contributed by atoms with Crippen LogP contribution in [0.15, 0.2) is 54.7 Å². The minimum atomic E-state index is -2.73. The lowest BCUT2D eigenvalue weighted by Crippen LogP contribution is -2.42. The van der Waals surface area contributed by atoms with Gasteiger partial charge in [-0.15, -0.1) is 0 Å². The molecule has 9 heteroatoms. The predicted molar refractivity (Wildman–Crippen MR) is 130 cm³/mol. The van der Waals surface area contributed by atoms with Crippen LogP contribution in [0.1, 0.15) is 54.6 Å². The zero-order valence-electron chi connectivity index (χ0n) is 19.8. The second-order valence-corrected chi connectivity index (χ2v) is 9.48. The first-order valence-electron chi connectivity index (χ1n) is 12.1. The highest BCUT2D eigenvalue weighted by atomic mass is 19.3. The molecule has 6 nitrogen and oxygen atoms in total. The number of nitrogens with one attached hydrogen (secondary N) is 1. The van der Waals surface area contributed by atoms with Crippen molar-refractivity contribution in [2.45, 2.75) is 56.9 Å². The molecule has 2 atom stereocenters. The van der Waals surface area contributed by atoms with Crippen LogP contribution in [0.25, 0.3) is 11.0 Å². The van der Waals surface area contributed by atoms with Gasteiger partial charge in [0.15, 0.2) is 0 Å². The summed E-state index contributed by atoms with van der Waals surface area (Å²) >= 11 is 0. The Balaban J connectivity index is 1.52. The Bertz CT molecular complexity index is 1230. The van der Waals surface area contributed by atoms with Crippen LogP contribution in [0.5, 0.6) is 0 Å². The van der Waals surface area contributed by atoms with Gasteiger partial charge in [-0.05, 0) is 61.8 Å². The molecule has 4 rings (SSSR count). The molecule has 1 fully saturated rings. The van der Waals surface area contributed by atoms with Gasteiger partial charge in [0, 0.05) is 24.8 Å². The van der Waals surface area contributed by atoms with Gasteiger partial charge in [-0.3, -0.25) is 14.6 Å². The number of hydrogen-bond donors (Lipinski definition) is 2. The fraction of sp³-hybridized carbons (Fsp3) is 0.407. The molecular formula is C27H29F3N4O2. The number of benzene rings is 2. The van der Waals surface area contributed by atoms with Gasteiger partial charge in [0.1, 0.15) is 11.5 Å². The largest absolute Gasteiger partial charge is 0.369 e. The van der Waals surface area contributed by atoms with Crippen molar-refractivity contribution >= 4 is 22.8 Å². The van der Waals surface area contributed by atoms with Crippen molar-refractivity contribution < 1.29 is 22.8 Å². The number of fused-ring (bicyclic) bond motifs is 1. The number of hydrogen-bond acceptors (Lipinski definition) is 4. The first-order chi connectivity index (χ1) is 17.2. The molecule has 1 saturated carbocycles. The Morgan fingerprint density at radius 1 is 1.06 bits per heavy atom. The Morgan fingerprint density at radius 3 is 2.42 bits per heavy atom. The Hall–Kier alpha value is -3.49. The summed E-state index contributed by atoms with van der Waals surface area (Å²) < 4.78 is 41.6. The molecule has 3 aromatic rings. The van der Waals surface area contributed by atoms with Crippen molar-refractivity contribution in [2.24, 2.45) is 17.6 Å². The third-order valence-electron chi connectivity index (χ3n) is 6.97. The lowest BCUT2D eigenvalue weighted by Gasteiger charge is -2.34. The summed E-state index contributed by atoms with van der Waals surface area (Å²) in [4.78, 5) is 34.1. The van der Waals surface area contributed by atoms with Crippen LogP contribution in [0.4, 0.5) is 13.2 Å². The third-order valence-corrected chi connectivity index (χ3v) is 6.97. The SMILES string of the molecule is NC(=O)C(CC(CCc1ccccc1F)NC(=O)c1cnc2ccccc2n1)C1CCC(F)(F)CC1. The third kappa shape index (κ3) is 6.38. The van der Waals surface area contributed by atoms with Crippen molar-refractivity contribution in [3.8, 4) is 0 Å². The standard InChI is InChI=1S/C27H29F3N4O2/c28-21-6-2-1-5-18(21)9-10-19(15-20(25(31)35)17-11-13-27(29,30)14-12-17)33-26(36)24-16-32-22-7-3-4-8-23(22)34-24/h1-8,16-17,19-20H,9-15H2,(H2,31,35)(H,33,36). The summed E-state index contributed by atoms with van der Waals surface area (Å²) in [6.07, 6.45) is 1.99. The summed E-state index contributed by atoms with van der Waals surface area (Å²) in [5.74, 6) is -5.13. The number of alkyl halides is 2. The van der Waals surface area contributed by atoms with E-state index < -0.39 is 29.7 Å².